The molecule has 0 bridgehead atoms. The lowest BCUT2D eigenvalue weighted by atomic mass is 9.90. The van der Waals surface area contributed by atoms with E-state index in [0.29, 0.717) is 38.5 Å². The molecule has 1 atom stereocenters. The van der Waals surface area contributed by atoms with Crippen molar-refractivity contribution in [3.63, 3.8) is 0 Å². The summed E-state index contributed by atoms with van der Waals surface area (Å²) in [6.45, 7) is 6.56. The highest BCUT2D eigenvalue weighted by Gasteiger charge is 2.42. The minimum atomic E-state index is -1.32. The van der Waals surface area contributed by atoms with Gasteiger partial charge in [-0.05, 0) is 36.9 Å². The summed E-state index contributed by atoms with van der Waals surface area (Å²) in [5.74, 6) is 0.335. The van der Waals surface area contributed by atoms with E-state index >= 15 is 0 Å². The lowest BCUT2D eigenvalue weighted by molar-refractivity contribution is -0.160. The Morgan fingerprint density at radius 1 is 1.33 bits per heavy atom. The first kappa shape index (κ1) is 20.0. The van der Waals surface area contributed by atoms with E-state index in [0.717, 1.165) is 17.0 Å². The fourth-order valence-corrected chi connectivity index (χ4v) is 4.35. The molecule has 1 aromatic carbocycles. The van der Waals surface area contributed by atoms with E-state index in [1.54, 1.807) is 22.4 Å². The lowest BCUT2D eigenvalue weighted by Crippen LogP contribution is -2.57. The van der Waals surface area contributed by atoms with Gasteiger partial charge < -0.3 is 10.0 Å². The first-order valence-electron chi connectivity index (χ1n) is 9.55. The van der Waals surface area contributed by atoms with E-state index in [-0.39, 0.29) is 5.91 Å². The van der Waals surface area contributed by atoms with Gasteiger partial charge in [0.05, 0.1) is 6.54 Å². The number of amides is 1. The standard InChI is InChI=1S/C21H29N3O2S/c1-16(2)18-7-5-17(6-8-18)13-24-11-4-9-21(26,20(24)25)15-23(3)14-19-22-10-12-27-19/h5-8,10,12,16,26H,4,9,11,13-15H2,1-3H3/t21-/m1/s1. The van der Waals surface area contributed by atoms with Crippen LogP contribution in [0.4, 0.5) is 0 Å². The molecule has 1 fully saturated rings. The second kappa shape index (κ2) is 8.50. The van der Waals surface area contributed by atoms with Gasteiger partial charge in [0.2, 0.25) is 0 Å². The highest BCUT2D eigenvalue weighted by Crippen LogP contribution is 2.26. The summed E-state index contributed by atoms with van der Waals surface area (Å²) in [4.78, 5) is 21.1. The number of hydrogen-bond acceptors (Lipinski definition) is 5. The second-order valence-electron chi connectivity index (χ2n) is 7.86. The number of rotatable bonds is 7. The maximum atomic E-state index is 13.0. The largest absolute Gasteiger partial charge is 0.379 e. The van der Waals surface area contributed by atoms with Crippen LogP contribution in [-0.4, -0.2) is 51.5 Å². The second-order valence-corrected chi connectivity index (χ2v) is 8.84. The summed E-state index contributed by atoms with van der Waals surface area (Å²) in [7, 11) is 1.93. The molecule has 0 aliphatic carbocycles. The number of thiazole rings is 1. The molecule has 1 aliphatic rings. The van der Waals surface area contributed by atoms with Crippen molar-refractivity contribution in [1.82, 2.24) is 14.8 Å². The van der Waals surface area contributed by atoms with Crippen molar-refractivity contribution in [2.45, 2.75) is 51.3 Å². The predicted octanol–water partition coefficient (Wildman–Crippen LogP) is 3.25. The van der Waals surface area contributed by atoms with Crippen LogP contribution in [0, 0.1) is 0 Å². The zero-order valence-electron chi connectivity index (χ0n) is 16.4. The molecule has 0 spiro atoms. The highest BCUT2D eigenvalue weighted by molar-refractivity contribution is 7.09. The molecular weight excluding hydrogens is 358 g/mol. The fourth-order valence-electron chi connectivity index (χ4n) is 3.66. The van der Waals surface area contributed by atoms with E-state index in [4.69, 9.17) is 0 Å². The summed E-state index contributed by atoms with van der Waals surface area (Å²) in [6, 6.07) is 8.43. The van der Waals surface area contributed by atoms with Crippen molar-refractivity contribution in [2.24, 2.45) is 0 Å². The molecule has 0 radical (unpaired) electrons. The van der Waals surface area contributed by atoms with Crippen LogP contribution in [0.3, 0.4) is 0 Å². The highest BCUT2D eigenvalue weighted by atomic mass is 32.1. The van der Waals surface area contributed by atoms with Crippen LogP contribution < -0.4 is 0 Å². The van der Waals surface area contributed by atoms with Crippen molar-refractivity contribution in [1.29, 1.82) is 0 Å². The molecule has 0 saturated carbocycles. The first-order valence-corrected chi connectivity index (χ1v) is 10.4. The van der Waals surface area contributed by atoms with E-state index in [1.807, 2.05) is 17.3 Å². The van der Waals surface area contributed by atoms with Gasteiger partial charge in [-0.2, -0.15) is 0 Å². The molecule has 6 heteroatoms. The minimum Gasteiger partial charge on any atom is -0.379 e. The summed E-state index contributed by atoms with van der Waals surface area (Å²) in [6.07, 6.45) is 3.11. The average molecular weight is 388 g/mol. The third-order valence-electron chi connectivity index (χ3n) is 5.14. The summed E-state index contributed by atoms with van der Waals surface area (Å²) in [5.41, 5.74) is 1.08. The van der Waals surface area contributed by atoms with Crippen LogP contribution in [0.25, 0.3) is 0 Å². The molecule has 2 aromatic rings. The summed E-state index contributed by atoms with van der Waals surface area (Å²) in [5, 5.41) is 14.0. The molecule has 3 rings (SSSR count). The van der Waals surface area contributed by atoms with Gasteiger partial charge in [0, 0.05) is 31.2 Å². The number of hydrogen-bond donors (Lipinski definition) is 1. The van der Waals surface area contributed by atoms with Crippen molar-refractivity contribution in [2.75, 3.05) is 20.1 Å². The number of nitrogens with zero attached hydrogens (tertiary/aromatic N) is 3. The molecule has 1 aliphatic heterocycles. The summed E-state index contributed by atoms with van der Waals surface area (Å²) < 4.78 is 0. The molecule has 146 valence electrons. The van der Waals surface area contributed by atoms with E-state index in [9.17, 15) is 9.90 Å². The van der Waals surface area contributed by atoms with Gasteiger partial charge in [-0.3, -0.25) is 9.69 Å². The van der Waals surface area contributed by atoms with Crippen LogP contribution in [0.5, 0.6) is 0 Å². The van der Waals surface area contributed by atoms with Crippen LogP contribution >= 0.6 is 11.3 Å². The Balaban J connectivity index is 1.63. The number of aliphatic hydroxyl groups is 1. The Hall–Kier alpha value is -1.76. The Labute approximate surface area is 165 Å². The number of carbonyl (C=O) groups is 1. The number of piperidine rings is 1. The van der Waals surface area contributed by atoms with Crippen molar-refractivity contribution in [3.05, 3.63) is 52.0 Å². The Morgan fingerprint density at radius 2 is 2.07 bits per heavy atom. The zero-order chi connectivity index (χ0) is 19.4. The molecule has 1 amide bonds. The fraction of sp³-hybridized carbons (Fsp3) is 0.524. The van der Waals surface area contributed by atoms with Crippen LogP contribution in [0.2, 0.25) is 0 Å². The van der Waals surface area contributed by atoms with Gasteiger partial charge in [-0.15, -0.1) is 11.3 Å². The number of likely N-dealkylation sites (tertiary alicyclic amines) is 1. The van der Waals surface area contributed by atoms with Crippen LogP contribution in [0.1, 0.15) is 48.7 Å². The van der Waals surface area contributed by atoms with Gasteiger partial charge in [0.15, 0.2) is 5.60 Å². The van der Waals surface area contributed by atoms with Crippen molar-refractivity contribution >= 4 is 17.2 Å². The summed E-state index contributed by atoms with van der Waals surface area (Å²) >= 11 is 1.59. The van der Waals surface area contributed by atoms with E-state index < -0.39 is 5.60 Å². The quantitative estimate of drug-likeness (QED) is 0.792. The SMILES string of the molecule is CC(C)c1ccc(CN2CCC[C@@](O)(CN(C)Cc3nccs3)C2=O)cc1. The molecule has 5 nitrogen and oxygen atoms in total. The molecule has 1 N–H and O–H groups in total. The zero-order valence-corrected chi connectivity index (χ0v) is 17.2. The van der Waals surface area contributed by atoms with E-state index in [1.165, 1.54) is 5.56 Å². The smallest absolute Gasteiger partial charge is 0.256 e. The van der Waals surface area contributed by atoms with Crippen molar-refractivity contribution < 1.29 is 9.90 Å². The third kappa shape index (κ3) is 4.94. The number of aromatic nitrogens is 1. The Morgan fingerprint density at radius 3 is 2.70 bits per heavy atom. The Bertz CT molecular complexity index is 745. The Kier molecular flexibility index (Phi) is 6.29. The van der Waals surface area contributed by atoms with Crippen LogP contribution in [0.15, 0.2) is 35.8 Å². The van der Waals surface area contributed by atoms with E-state index in [2.05, 4.69) is 43.1 Å². The number of benzene rings is 1. The number of likely N-dealkylation sites (N-methyl/N-ethyl adjacent to an activating group) is 1. The molecule has 1 saturated heterocycles. The topological polar surface area (TPSA) is 56.7 Å². The molecule has 2 heterocycles. The monoisotopic (exact) mass is 387 g/mol. The molecular formula is C21H29N3O2S. The van der Waals surface area contributed by atoms with Crippen LogP contribution in [-0.2, 0) is 17.9 Å². The third-order valence-corrected chi connectivity index (χ3v) is 5.91. The average Bonchev–Trinajstić information content (AvgIpc) is 3.12. The van der Waals surface area contributed by atoms with Gasteiger partial charge in [-0.1, -0.05) is 38.1 Å². The predicted molar refractivity (Wildman–Crippen MR) is 109 cm³/mol. The maximum Gasteiger partial charge on any atom is 0.256 e. The van der Waals surface area contributed by atoms with Crippen molar-refractivity contribution in [3.8, 4) is 0 Å². The van der Waals surface area contributed by atoms with Gasteiger partial charge in [0.1, 0.15) is 5.01 Å². The minimum absolute atomic E-state index is 0.160. The molecule has 1 aromatic heterocycles. The van der Waals surface area contributed by atoms with Gasteiger partial charge >= 0.3 is 0 Å². The van der Waals surface area contributed by atoms with Gasteiger partial charge in [0.25, 0.3) is 5.91 Å². The molecule has 0 unspecified atom stereocenters. The normalized spacial score (nSPS) is 20.7. The number of carbonyl (C=O) groups excluding carboxylic acids is 1. The first-order chi connectivity index (χ1) is 12.9. The van der Waals surface area contributed by atoms with Gasteiger partial charge in [-0.25, -0.2) is 4.98 Å². The lowest BCUT2D eigenvalue weighted by Gasteiger charge is -2.40. The maximum absolute atomic E-state index is 13.0. The molecule has 27 heavy (non-hydrogen) atoms.